The molecular formula is C13H17N3O3. The van der Waals surface area contributed by atoms with Gasteiger partial charge in [-0.2, -0.15) is 5.26 Å². The molecule has 2 N–H and O–H groups in total. The van der Waals surface area contributed by atoms with Crippen molar-refractivity contribution in [1.82, 2.24) is 0 Å². The van der Waals surface area contributed by atoms with E-state index in [-0.39, 0.29) is 17.9 Å². The summed E-state index contributed by atoms with van der Waals surface area (Å²) in [4.78, 5) is 10.5. The van der Waals surface area contributed by atoms with Crippen molar-refractivity contribution in [2.75, 3.05) is 0 Å². The number of rotatable bonds is 5. The molecule has 2 atom stereocenters. The van der Waals surface area contributed by atoms with Crippen LogP contribution in [0.15, 0.2) is 18.2 Å². The number of benzene rings is 1. The number of nitro benzene ring substituents is 1. The SMILES string of the molecule is Cc1cccc(OC(C)CC(C)(N)C#N)c1[N+](=O)[O-]. The summed E-state index contributed by atoms with van der Waals surface area (Å²) in [6.07, 6.45) is -0.107. The molecule has 6 heteroatoms. The van der Waals surface area contributed by atoms with E-state index in [1.54, 1.807) is 39.0 Å². The first-order valence-electron chi connectivity index (χ1n) is 5.87. The van der Waals surface area contributed by atoms with Gasteiger partial charge < -0.3 is 10.5 Å². The van der Waals surface area contributed by atoms with Crippen LogP contribution in [0.2, 0.25) is 0 Å². The minimum absolute atomic E-state index is 0.0509. The summed E-state index contributed by atoms with van der Waals surface area (Å²) in [6, 6.07) is 6.86. The molecule has 0 aliphatic rings. The summed E-state index contributed by atoms with van der Waals surface area (Å²) in [5.41, 5.74) is 5.19. The lowest BCUT2D eigenvalue weighted by Crippen LogP contribution is -2.38. The van der Waals surface area contributed by atoms with Gasteiger partial charge in [-0.05, 0) is 26.8 Å². The summed E-state index contributed by atoms with van der Waals surface area (Å²) in [5.74, 6) is 0.200. The molecule has 19 heavy (non-hydrogen) atoms. The number of nitro groups is 1. The molecular weight excluding hydrogens is 246 g/mol. The van der Waals surface area contributed by atoms with E-state index < -0.39 is 16.6 Å². The Labute approximate surface area is 111 Å². The van der Waals surface area contributed by atoms with E-state index >= 15 is 0 Å². The minimum atomic E-state index is -1.02. The summed E-state index contributed by atoms with van der Waals surface area (Å²) in [7, 11) is 0. The molecule has 0 bridgehead atoms. The van der Waals surface area contributed by atoms with Crippen molar-refractivity contribution >= 4 is 5.69 Å². The fraction of sp³-hybridized carbons (Fsp3) is 0.462. The number of ether oxygens (including phenoxy) is 1. The molecule has 0 amide bonds. The second-order valence-corrected chi connectivity index (χ2v) is 4.84. The van der Waals surface area contributed by atoms with Crippen molar-refractivity contribution in [3.05, 3.63) is 33.9 Å². The van der Waals surface area contributed by atoms with Crippen LogP contribution in [0.25, 0.3) is 0 Å². The van der Waals surface area contributed by atoms with Gasteiger partial charge in [0.15, 0.2) is 5.75 Å². The zero-order valence-corrected chi connectivity index (χ0v) is 11.2. The Morgan fingerprint density at radius 3 is 2.79 bits per heavy atom. The minimum Gasteiger partial charge on any atom is -0.484 e. The predicted octanol–water partition coefficient (Wildman–Crippen LogP) is 2.30. The van der Waals surface area contributed by atoms with Gasteiger partial charge in [0.25, 0.3) is 0 Å². The third-order valence-corrected chi connectivity index (χ3v) is 2.68. The molecule has 1 rings (SSSR count). The zero-order chi connectivity index (χ0) is 14.6. The number of aryl methyl sites for hydroxylation is 1. The van der Waals surface area contributed by atoms with Crippen LogP contribution in [0.3, 0.4) is 0 Å². The van der Waals surface area contributed by atoms with Gasteiger partial charge >= 0.3 is 5.69 Å². The smallest absolute Gasteiger partial charge is 0.313 e. The van der Waals surface area contributed by atoms with E-state index in [2.05, 4.69) is 0 Å². The van der Waals surface area contributed by atoms with Gasteiger partial charge in [0, 0.05) is 12.0 Å². The van der Waals surface area contributed by atoms with Gasteiger partial charge in [-0.3, -0.25) is 10.1 Å². The van der Waals surface area contributed by atoms with E-state index in [0.29, 0.717) is 5.56 Å². The first-order chi connectivity index (χ1) is 8.76. The highest BCUT2D eigenvalue weighted by Gasteiger charge is 2.25. The molecule has 0 aliphatic carbocycles. The lowest BCUT2D eigenvalue weighted by atomic mass is 9.98. The molecule has 1 aromatic rings. The monoisotopic (exact) mass is 263 g/mol. The zero-order valence-electron chi connectivity index (χ0n) is 11.2. The quantitative estimate of drug-likeness (QED) is 0.648. The van der Waals surface area contributed by atoms with Crippen LogP contribution in [-0.2, 0) is 0 Å². The summed E-state index contributed by atoms with van der Waals surface area (Å²) >= 11 is 0. The van der Waals surface area contributed by atoms with Crippen LogP contribution in [0.1, 0.15) is 25.8 Å². The van der Waals surface area contributed by atoms with E-state index in [9.17, 15) is 10.1 Å². The Morgan fingerprint density at radius 2 is 2.26 bits per heavy atom. The molecule has 0 aliphatic heterocycles. The standard InChI is InChI=1S/C13H17N3O3/c1-9-5-4-6-11(12(9)16(17)18)19-10(2)7-13(3,15)8-14/h4-6,10H,7,15H2,1-3H3. The summed E-state index contributed by atoms with van der Waals surface area (Å²) < 4.78 is 5.55. The van der Waals surface area contributed by atoms with Crippen molar-refractivity contribution < 1.29 is 9.66 Å². The summed E-state index contributed by atoms with van der Waals surface area (Å²) in [6.45, 7) is 4.98. The highest BCUT2D eigenvalue weighted by Crippen LogP contribution is 2.31. The first-order valence-corrected chi connectivity index (χ1v) is 5.87. The third kappa shape index (κ3) is 3.93. The highest BCUT2D eigenvalue weighted by molar-refractivity contribution is 5.52. The van der Waals surface area contributed by atoms with E-state index in [0.717, 1.165) is 0 Å². The highest BCUT2D eigenvalue weighted by atomic mass is 16.6. The van der Waals surface area contributed by atoms with E-state index in [4.69, 9.17) is 15.7 Å². The van der Waals surface area contributed by atoms with Gasteiger partial charge in [-0.15, -0.1) is 0 Å². The largest absolute Gasteiger partial charge is 0.484 e. The number of nitrogens with two attached hydrogens (primary N) is 1. The maximum Gasteiger partial charge on any atom is 0.313 e. The topological polar surface area (TPSA) is 102 Å². The molecule has 0 saturated carbocycles. The molecule has 0 spiro atoms. The van der Waals surface area contributed by atoms with E-state index in [1.165, 1.54) is 0 Å². The molecule has 0 heterocycles. The Balaban J connectivity index is 2.92. The molecule has 0 saturated heterocycles. The van der Waals surface area contributed by atoms with Crippen molar-refractivity contribution in [2.45, 2.75) is 38.8 Å². The van der Waals surface area contributed by atoms with Gasteiger partial charge in [-0.1, -0.05) is 12.1 Å². The average Bonchev–Trinajstić information content (AvgIpc) is 2.27. The number of nitriles is 1. The second-order valence-electron chi connectivity index (χ2n) is 4.84. The Hall–Kier alpha value is -2.13. The summed E-state index contributed by atoms with van der Waals surface area (Å²) in [5, 5.41) is 19.9. The lowest BCUT2D eigenvalue weighted by molar-refractivity contribution is -0.386. The third-order valence-electron chi connectivity index (χ3n) is 2.68. The fourth-order valence-corrected chi connectivity index (χ4v) is 1.86. The number of hydrogen-bond acceptors (Lipinski definition) is 5. The second kappa shape index (κ2) is 5.67. The molecule has 0 fully saturated rings. The van der Waals surface area contributed by atoms with Crippen molar-refractivity contribution in [3.8, 4) is 11.8 Å². The molecule has 102 valence electrons. The molecule has 2 unspecified atom stereocenters. The Kier molecular flexibility index (Phi) is 4.46. The average molecular weight is 263 g/mol. The van der Waals surface area contributed by atoms with Crippen LogP contribution < -0.4 is 10.5 Å². The number of para-hydroxylation sites is 1. The molecule has 6 nitrogen and oxygen atoms in total. The first kappa shape index (κ1) is 14.9. The van der Waals surface area contributed by atoms with Crippen LogP contribution >= 0.6 is 0 Å². The molecule has 1 aromatic carbocycles. The normalized spacial score (nSPS) is 15.1. The maximum atomic E-state index is 11.0. The van der Waals surface area contributed by atoms with Crippen molar-refractivity contribution in [1.29, 1.82) is 5.26 Å². The van der Waals surface area contributed by atoms with Crippen molar-refractivity contribution in [2.24, 2.45) is 5.73 Å². The molecule has 0 radical (unpaired) electrons. The van der Waals surface area contributed by atoms with Crippen LogP contribution in [0.4, 0.5) is 5.69 Å². The van der Waals surface area contributed by atoms with Gasteiger partial charge in [0.05, 0.1) is 17.1 Å². The van der Waals surface area contributed by atoms with Crippen LogP contribution in [0, 0.1) is 28.4 Å². The number of hydrogen-bond donors (Lipinski definition) is 1. The number of nitrogens with zero attached hydrogens (tertiary/aromatic N) is 2. The van der Waals surface area contributed by atoms with Gasteiger partial charge in [0.1, 0.15) is 5.54 Å². The Bertz CT molecular complexity index is 520. The molecule has 0 aromatic heterocycles. The van der Waals surface area contributed by atoms with Crippen LogP contribution in [-0.4, -0.2) is 16.6 Å². The maximum absolute atomic E-state index is 11.0. The van der Waals surface area contributed by atoms with E-state index in [1.807, 2.05) is 6.07 Å². The van der Waals surface area contributed by atoms with Gasteiger partial charge in [-0.25, -0.2) is 0 Å². The van der Waals surface area contributed by atoms with Crippen LogP contribution in [0.5, 0.6) is 5.75 Å². The van der Waals surface area contributed by atoms with Gasteiger partial charge in [0.2, 0.25) is 0 Å². The Morgan fingerprint density at radius 1 is 1.63 bits per heavy atom. The predicted molar refractivity (Wildman–Crippen MR) is 70.7 cm³/mol. The van der Waals surface area contributed by atoms with Crippen molar-refractivity contribution in [3.63, 3.8) is 0 Å². The lowest BCUT2D eigenvalue weighted by Gasteiger charge is -2.21. The fourth-order valence-electron chi connectivity index (χ4n) is 1.86.